The van der Waals surface area contributed by atoms with E-state index in [9.17, 15) is 4.79 Å². The van der Waals surface area contributed by atoms with Crippen molar-refractivity contribution in [3.05, 3.63) is 90.4 Å². The van der Waals surface area contributed by atoms with Crippen molar-refractivity contribution in [2.75, 3.05) is 5.32 Å². The Morgan fingerprint density at radius 2 is 1.96 bits per heavy atom. The van der Waals surface area contributed by atoms with Gasteiger partial charge in [-0.15, -0.1) is 0 Å². The van der Waals surface area contributed by atoms with Crippen LogP contribution in [0.2, 0.25) is 0 Å². The SMILES string of the molecule is Cc1ccc(-c2cn3cccnc3n2)cc1NC(=O)C=Cc1ccccc1. The molecule has 0 saturated heterocycles. The molecule has 0 bridgehead atoms. The van der Waals surface area contributed by atoms with E-state index >= 15 is 0 Å². The molecule has 0 spiro atoms. The van der Waals surface area contributed by atoms with Crippen molar-refractivity contribution in [2.45, 2.75) is 6.92 Å². The first kappa shape index (κ1) is 16.7. The quantitative estimate of drug-likeness (QED) is 0.554. The zero-order valence-electron chi connectivity index (χ0n) is 14.8. The van der Waals surface area contributed by atoms with Gasteiger partial charge in [-0.2, -0.15) is 0 Å². The van der Waals surface area contributed by atoms with E-state index in [4.69, 9.17) is 0 Å². The van der Waals surface area contributed by atoms with Gasteiger partial charge in [0.1, 0.15) is 0 Å². The highest BCUT2D eigenvalue weighted by atomic mass is 16.1. The number of aromatic nitrogens is 3. The normalized spacial score (nSPS) is 11.1. The van der Waals surface area contributed by atoms with Gasteiger partial charge < -0.3 is 5.32 Å². The Bertz CT molecular complexity index is 1100. The lowest BCUT2D eigenvalue weighted by molar-refractivity contribution is -0.111. The van der Waals surface area contributed by atoms with Crippen LogP contribution in [0.4, 0.5) is 5.69 Å². The molecule has 0 saturated carbocycles. The zero-order chi connectivity index (χ0) is 18.6. The maximum absolute atomic E-state index is 12.3. The molecule has 0 fully saturated rings. The summed E-state index contributed by atoms with van der Waals surface area (Å²) in [6, 6.07) is 17.5. The highest BCUT2D eigenvalue weighted by molar-refractivity contribution is 6.02. The Balaban J connectivity index is 1.57. The lowest BCUT2D eigenvalue weighted by atomic mass is 10.1. The molecule has 1 N–H and O–H groups in total. The molecule has 0 atom stereocenters. The largest absolute Gasteiger partial charge is 0.322 e. The third-order valence-electron chi connectivity index (χ3n) is 4.25. The molecule has 4 rings (SSSR count). The molecule has 5 nitrogen and oxygen atoms in total. The highest BCUT2D eigenvalue weighted by Gasteiger charge is 2.08. The van der Waals surface area contributed by atoms with Crippen LogP contribution in [0.5, 0.6) is 0 Å². The topological polar surface area (TPSA) is 59.3 Å². The van der Waals surface area contributed by atoms with Gasteiger partial charge >= 0.3 is 0 Å². The van der Waals surface area contributed by atoms with Crippen LogP contribution in [0.1, 0.15) is 11.1 Å². The van der Waals surface area contributed by atoms with Crippen molar-refractivity contribution in [3.63, 3.8) is 0 Å². The molecular weight excluding hydrogens is 336 g/mol. The van der Waals surface area contributed by atoms with E-state index in [-0.39, 0.29) is 5.91 Å². The van der Waals surface area contributed by atoms with Crippen LogP contribution in [0.25, 0.3) is 23.1 Å². The number of carbonyl (C=O) groups is 1. The number of imidazole rings is 1. The summed E-state index contributed by atoms with van der Waals surface area (Å²) in [5.41, 5.74) is 4.47. The molecule has 4 aromatic rings. The number of nitrogens with one attached hydrogen (secondary N) is 1. The van der Waals surface area contributed by atoms with E-state index in [0.29, 0.717) is 5.78 Å². The highest BCUT2D eigenvalue weighted by Crippen LogP contribution is 2.25. The predicted molar refractivity (Wildman–Crippen MR) is 107 cm³/mol. The molecule has 0 radical (unpaired) electrons. The van der Waals surface area contributed by atoms with E-state index in [2.05, 4.69) is 15.3 Å². The Labute approximate surface area is 157 Å². The van der Waals surface area contributed by atoms with E-state index < -0.39 is 0 Å². The number of hydrogen-bond acceptors (Lipinski definition) is 3. The van der Waals surface area contributed by atoms with Gasteiger partial charge in [-0.1, -0.05) is 42.5 Å². The third-order valence-corrected chi connectivity index (χ3v) is 4.25. The van der Waals surface area contributed by atoms with Gasteiger partial charge in [0.2, 0.25) is 11.7 Å². The van der Waals surface area contributed by atoms with Crippen molar-refractivity contribution < 1.29 is 4.79 Å². The van der Waals surface area contributed by atoms with Gasteiger partial charge in [0, 0.05) is 35.9 Å². The summed E-state index contributed by atoms with van der Waals surface area (Å²) < 4.78 is 1.87. The second-order valence-corrected chi connectivity index (χ2v) is 6.22. The van der Waals surface area contributed by atoms with Crippen molar-refractivity contribution in [3.8, 4) is 11.3 Å². The Morgan fingerprint density at radius 1 is 1.11 bits per heavy atom. The van der Waals surface area contributed by atoms with E-state index in [1.807, 2.05) is 78.3 Å². The van der Waals surface area contributed by atoms with Crippen LogP contribution in [-0.4, -0.2) is 20.3 Å². The van der Waals surface area contributed by atoms with Crippen molar-refractivity contribution in [2.24, 2.45) is 0 Å². The van der Waals surface area contributed by atoms with E-state index in [1.165, 1.54) is 6.08 Å². The van der Waals surface area contributed by atoms with Crippen LogP contribution in [0.3, 0.4) is 0 Å². The number of nitrogens with zero attached hydrogens (tertiary/aromatic N) is 3. The van der Waals surface area contributed by atoms with Gasteiger partial charge in [-0.3, -0.25) is 9.20 Å². The Morgan fingerprint density at radius 3 is 2.78 bits per heavy atom. The van der Waals surface area contributed by atoms with Crippen molar-refractivity contribution in [1.29, 1.82) is 0 Å². The van der Waals surface area contributed by atoms with E-state index in [1.54, 1.807) is 12.3 Å². The first-order chi connectivity index (χ1) is 13.2. The molecule has 132 valence electrons. The summed E-state index contributed by atoms with van der Waals surface area (Å²) in [7, 11) is 0. The first-order valence-electron chi connectivity index (χ1n) is 8.64. The molecule has 0 aliphatic heterocycles. The molecular formula is C22H18N4O. The number of fused-ring (bicyclic) bond motifs is 1. The van der Waals surface area contributed by atoms with Gasteiger partial charge in [-0.25, -0.2) is 9.97 Å². The standard InChI is InChI=1S/C22H18N4O/c1-16-8-10-18(20-15-26-13-5-12-23-22(26)25-20)14-19(16)24-21(27)11-9-17-6-3-2-4-7-17/h2-15H,1H3,(H,24,27). The van der Waals surface area contributed by atoms with E-state index in [0.717, 1.165) is 28.1 Å². The second-order valence-electron chi connectivity index (χ2n) is 6.22. The number of carbonyl (C=O) groups excluding carboxylic acids is 1. The maximum atomic E-state index is 12.3. The Hall–Kier alpha value is -3.73. The lowest BCUT2D eigenvalue weighted by Crippen LogP contribution is -2.09. The monoisotopic (exact) mass is 354 g/mol. The molecule has 0 unspecified atom stereocenters. The van der Waals surface area contributed by atoms with Crippen LogP contribution >= 0.6 is 0 Å². The minimum Gasteiger partial charge on any atom is -0.322 e. The molecule has 2 heterocycles. The molecule has 5 heteroatoms. The minimum absolute atomic E-state index is 0.171. The number of hydrogen-bond donors (Lipinski definition) is 1. The van der Waals surface area contributed by atoms with Gasteiger partial charge in [0.25, 0.3) is 0 Å². The number of amides is 1. The fraction of sp³-hybridized carbons (Fsp3) is 0.0455. The van der Waals surface area contributed by atoms with Crippen molar-refractivity contribution in [1.82, 2.24) is 14.4 Å². The Kier molecular flexibility index (Phi) is 4.49. The molecule has 1 amide bonds. The average molecular weight is 354 g/mol. The smallest absolute Gasteiger partial charge is 0.248 e. The number of aryl methyl sites for hydroxylation is 1. The molecule has 27 heavy (non-hydrogen) atoms. The number of anilines is 1. The lowest BCUT2D eigenvalue weighted by Gasteiger charge is -2.08. The summed E-state index contributed by atoms with van der Waals surface area (Å²) >= 11 is 0. The fourth-order valence-corrected chi connectivity index (χ4v) is 2.80. The second kappa shape index (κ2) is 7.25. The predicted octanol–water partition coefficient (Wildman–Crippen LogP) is 4.36. The third kappa shape index (κ3) is 3.77. The molecule has 2 aromatic carbocycles. The summed E-state index contributed by atoms with van der Waals surface area (Å²) in [5.74, 6) is 0.472. The summed E-state index contributed by atoms with van der Waals surface area (Å²) in [4.78, 5) is 21.1. The van der Waals surface area contributed by atoms with Gasteiger partial charge in [0.05, 0.1) is 5.69 Å². The minimum atomic E-state index is -0.171. The maximum Gasteiger partial charge on any atom is 0.248 e. The summed E-state index contributed by atoms with van der Waals surface area (Å²) in [6.07, 6.45) is 8.88. The van der Waals surface area contributed by atoms with Crippen molar-refractivity contribution >= 4 is 23.4 Å². The molecule has 2 aromatic heterocycles. The van der Waals surface area contributed by atoms with Crippen LogP contribution < -0.4 is 5.32 Å². The van der Waals surface area contributed by atoms with Gasteiger partial charge in [-0.05, 0) is 36.3 Å². The average Bonchev–Trinajstić information content (AvgIpc) is 3.13. The van der Waals surface area contributed by atoms with Gasteiger partial charge in [0.15, 0.2) is 0 Å². The fourth-order valence-electron chi connectivity index (χ4n) is 2.80. The summed E-state index contributed by atoms with van der Waals surface area (Å²) in [5, 5.41) is 2.95. The first-order valence-corrected chi connectivity index (χ1v) is 8.64. The molecule has 0 aliphatic rings. The van der Waals surface area contributed by atoms with Crippen LogP contribution in [0.15, 0.2) is 79.3 Å². The van der Waals surface area contributed by atoms with Crippen LogP contribution in [0, 0.1) is 6.92 Å². The summed E-state index contributed by atoms with van der Waals surface area (Å²) in [6.45, 7) is 1.96. The molecule has 0 aliphatic carbocycles. The number of rotatable bonds is 4. The number of benzene rings is 2. The zero-order valence-corrected chi connectivity index (χ0v) is 14.8. The van der Waals surface area contributed by atoms with Crippen LogP contribution in [-0.2, 0) is 4.79 Å².